The normalized spacial score (nSPS) is 9.83. The first-order valence-electron chi connectivity index (χ1n) is 6.97. The predicted octanol–water partition coefficient (Wildman–Crippen LogP) is 4.09. The topological polar surface area (TPSA) is 65.4 Å². The van der Waals surface area contributed by atoms with Gasteiger partial charge in [-0.05, 0) is 23.1 Å². The van der Waals surface area contributed by atoms with Crippen molar-refractivity contribution in [3.05, 3.63) is 70.7 Å². The van der Waals surface area contributed by atoms with Crippen molar-refractivity contribution < 1.29 is 0 Å². The Morgan fingerprint density at radius 3 is 2.57 bits per heavy atom. The van der Waals surface area contributed by atoms with Crippen LogP contribution in [0.5, 0.6) is 0 Å². The zero-order valence-corrected chi connectivity index (χ0v) is 13.0. The molecule has 0 amide bonds. The van der Waals surface area contributed by atoms with Gasteiger partial charge < -0.3 is 0 Å². The summed E-state index contributed by atoms with van der Waals surface area (Å²) >= 11 is 1.58. The maximum absolute atomic E-state index is 8.99. The first kappa shape index (κ1) is 14.8. The van der Waals surface area contributed by atoms with E-state index in [1.54, 1.807) is 17.4 Å². The molecule has 4 nitrogen and oxygen atoms in total. The van der Waals surface area contributed by atoms with Gasteiger partial charge in [0.25, 0.3) is 0 Å². The minimum Gasteiger partial charge on any atom is -0.267 e. The van der Waals surface area contributed by atoms with Crippen molar-refractivity contribution in [2.24, 2.45) is 0 Å². The number of benzene rings is 1. The summed E-state index contributed by atoms with van der Waals surface area (Å²) in [4.78, 5) is 1.01. The third-order valence-corrected chi connectivity index (χ3v) is 4.15. The van der Waals surface area contributed by atoms with Crippen molar-refractivity contribution in [3.63, 3.8) is 0 Å². The molecule has 3 rings (SSSR count). The molecule has 2 heterocycles. The van der Waals surface area contributed by atoms with Crippen molar-refractivity contribution in [1.29, 1.82) is 10.5 Å². The van der Waals surface area contributed by atoms with Gasteiger partial charge in [-0.25, -0.2) is 0 Å². The number of hydrogen-bond acceptors (Lipinski definition) is 4. The van der Waals surface area contributed by atoms with Gasteiger partial charge in [0.05, 0.1) is 11.4 Å². The van der Waals surface area contributed by atoms with Gasteiger partial charge >= 0.3 is 0 Å². The van der Waals surface area contributed by atoms with Crippen molar-refractivity contribution in [1.82, 2.24) is 9.78 Å². The highest BCUT2D eigenvalue weighted by atomic mass is 32.1. The highest BCUT2D eigenvalue weighted by molar-refractivity contribution is 7.13. The Labute approximate surface area is 138 Å². The molecule has 0 N–H and O–H groups in total. The fourth-order valence-corrected chi connectivity index (χ4v) is 2.97. The van der Waals surface area contributed by atoms with Crippen LogP contribution in [-0.4, -0.2) is 9.78 Å². The molecule has 0 aliphatic rings. The second-order valence-electron chi connectivity index (χ2n) is 4.88. The Morgan fingerprint density at radius 2 is 1.91 bits per heavy atom. The summed E-state index contributed by atoms with van der Waals surface area (Å²) in [5, 5.41) is 24.6. The molecule has 5 heteroatoms. The molecule has 110 valence electrons. The summed E-state index contributed by atoms with van der Waals surface area (Å²) < 4.78 is 1.84. The van der Waals surface area contributed by atoms with E-state index in [-0.39, 0.29) is 5.57 Å². The molecular formula is C18H12N4S. The number of allylic oxidation sites excluding steroid dienone is 1. The smallest absolute Gasteiger partial charge is 0.130 e. The number of nitriles is 2. The fraction of sp³-hybridized carbons (Fsp3) is 0.0556. The number of hydrogen-bond donors (Lipinski definition) is 0. The molecule has 0 radical (unpaired) electrons. The Hall–Kier alpha value is -3.15. The van der Waals surface area contributed by atoms with Gasteiger partial charge in [0, 0.05) is 11.8 Å². The highest BCUT2D eigenvalue weighted by Gasteiger charge is 2.12. The Kier molecular flexibility index (Phi) is 4.33. The van der Waals surface area contributed by atoms with Gasteiger partial charge in [0.15, 0.2) is 0 Å². The molecule has 2 aromatic heterocycles. The monoisotopic (exact) mass is 316 g/mol. The van der Waals surface area contributed by atoms with Gasteiger partial charge in [0.2, 0.25) is 0 Å². The fourth-order valence-electron chi connectivity index (χ4n) is 2.24. The third kappa shape index (κ3) is 3.37. The van der Waals surface area contributed by atoms with Crippen LogP contribution in [0.3, 0.4) is 0 Å². The largest absolute Gasteiger partial charge is 0.267 e. The zero-order chi connectivity index (χ0) is 16.1. The molecule has 0 spiro atoms. The molecule has 3 aromatic rings. The maximum atomic E-state index is 8.99. The summed E-state index contributed by atoms with van der Waals surface area (Å²) in [7, 11) is 0. The lowest BCUT2D eigenvalue weighted by Gasteiger charge is -2.00. The summed E-state index contributed by atoms with van der Waals surface area (Å²) in [6.45, 7) is 0.640. The minimum absolute atomic E-state index is 0.0714. The number of aromatic nitrogens is 2. The first-order valence-corrected chi connectivity index (χ1v) is 7.85. The molecule has 23 heavy (non-hydrogen) atoms. The number of rotatable bonds is 4. The molecule has 0 bridgehead atoms. The molecule has 0 fully saturated rings. The van der Waals surface area contributed by atoms with E-state index in [2.05, 4.69) is 5.10 Å². The SMILES string of the molecule is N#CC(C#N)=Cc1cn(Cc2ccccc2)nc1-c1cccs1. The summed E-state index contributed by atoms with van der Waals surface area (Å²) in [6, 6.07) is 17.8. The van der Waals surface area contributed by atoms with Crippen LogP contribution in [0.1, 0.15) is 11.1 Å². The lowest BCUT2D eigenvalue weighted by atomic mass is 10.1. The predicted molar refractivity (Wildman–Crippen MR) is 90.3 cm³/mol. The van der Waals surface area contributed by atoms with Crippen molar-refractivity contribution in [2.45, 2.75) is 6.54 Å². The van der Waals surface area contributed by atoms with Crippen LogP contribution in [0.25, 0.3) is 16.6 Å². The van der Waals surface area contributed by atoms with Crippen molar-refractivity contribution in [3.8, 4) is 22.7 Å². The van der Waals surface area contributed by atoms with Crippen LogP contribution in [0, 0.1) is 22.7 Å². The second-order valence-corrected chi connectivity index (χ2v) is 5.82. The standard InChI is InChI=1S/C18H12N4S/c19-10-15(11-20)9-16-13-22(12-14-5-2-1-3-6-14)21-18(16)17-7-4-8-23-17/h1-9,13H,12H2. The second kappa shape index (κ2) is 6.74. The van der Waals surface area contributed by atoms with Crippen molar-refractivity contribution >= 4 is 17.4 Å². The van der Waals surface area contributed by atoms with Gasteiger partial charge in [-0.2, -0.15) is 15.6 Å². The molecule has 0 aliphatic heterocycles. The highest BCUT2D eigenvalue weighted by Crippen LogP contribution is 2.28. The van der Waals surface area contributed by atoms with E-state index in [1.165, 1.54) is 0 Å². The summed E-state index contributed by atoms with van der Waals surface area (Å²) in [5.74, 6) is 0. The lowest BCUT2D eigenvalue weighted by Crippen LogP contribution is -1.99. The lowest BCUT2D eigenvalue weighted by molar-refractivity contribution is 0.689. The van der Waals surface area contributed by atoms with E-state index in [0.29, 0.717) is 6.54 Å². The molecule has 0 aliphatic carbocycles. The van der Waals surface area contributed by atoms with Crippen LogP contribution in [0.15, 0.2) is 59.6 Å². The molecule has 1 aromatic carbocycles. The Morgan fingerprint density at radius 1 is 1.13 bits per heavy atom. The molecule has 0 atom stereocenters. The Bertz CT molecular complexity index is 890. The molecule has 0 saturated carbocycles. The average Bonchev–Trinajstić information content (AvgIpc) is 3.23. The maximum Gasteiger partial charge on any atom is 0.130 e. The van der Waals surface area contributed by atoms with E-state index in [0.717, 1.165) is 21.7 Å². The van der Waals surface area contributed by atoms with E-state index >= 15 is 0 Å². The minimum atomic E-state index is 0.0714. The van der Waals surface area contributed by atoms with E-state index in [1.807, 2.05) is 70.9 Å². The van der Waals surface area contributed by atoms with Gasteiger partial charge in [0.1, 0.15) is 23.4 Å². The van der Waals surface area contributed by atoms with E-state index in [9.17, 15) is 0 Å². The zero-order valence-electron chi connectivity index (χ0n) is 12.2. The third-order valence-electron chi connectivity index (χ3n) is 3.27. The van der Waals surface area contributed by atoms with Gasteiger partial charge in [-0.3, -0.25) is 4.68 Å². The van der Waals surface area contributed by atoms with Crippen LogP contribution in [0.4, 0.5) is 0 Å². The van der Waals surface area contributed by atoms with Crippen molar-refractivity contribution in [2.75, 3.05) is 0 Å². The van der Waals surface area contributed by atoms with Gasteiger partial charge in [-0.1, -0.05) is 36.4 Å². The quantitative estimate of drug-likeness (QED) is 0.681. The van der Waals surface area contributed by atoms with Crippen LogP contribution < -0.4 is 0 Å². The van der Waals surface area contributed by atoms with Gasteiger partial charge in [-0.15, -0.1) is 11.3 Å². The molecular weight excluding hydrogens is 304 g/mol. The number of thiophene rings is 1. The first-order chi connectivity index (χ1) is 11.3. The van der Waals surface area contributed by atoms with E-state index < -0.39 is 0 Å². The van der Waals surface area contributed by atoms with Crippen LogP contribution in [0.2, 0.25) is 0 Å². The molecule has 0 unspecified atom stereocenters. The number of nitrogens with zero attached hydrogens (tertiary/aromatic N) is 4. The Balaban J connectivity index is 2.02. The molecule has 0 saturated heterocycles. The van der Waals surface area contributed by atoms with E-state index in [4.69, 9.17) is 10.5 Å². The summed E-state index contributed by atoms with van der Waals surface area (Å²) in [5.41, 5.74) is 2.78. The van der Waals surface area contributed by atoms with Crippen LogP contribution >= 0.6 is 11.3 Å². The van der Waals surface area contributed by atoms with Crippen LogP contribution in [-0.2, 0) is 6.54 Å². The summed E-state index contributed by atoms with van der Waals surface area (Å²) in [6.07, 6.45) is 3.46. The average molecular weight is 316 g/mol.